The van der Waals surface area contributed by atoms with Crippen molar-refractivity contribution in [2.45, 2.75) is 0 Å². The quantitative estimate of drug-likeness (QED) is 0.166. The molecule has 0 atom stereocenters. The first kappa shape index (κ1) is 22.6. The number of nitro benzene ring substituents is 1. The summed E-state index contributed by atoms with van der Waals surface area (Å²) in [6.45, 7) is 0. The minimum absolute atomic E-state index is 0.0587. The maximum absolute atomic E-state index is 12.7. The lowest BCUT2D eigenvalue weighted by atomic mass is 10.1. The Morgan fingerprint density at radius 1 is 1.08 bits per heavy atom. The molecule has 0 bridgehead atoms. The summed E-state index contributed by atoms with van der Waals surface area (Å²) in [6, 6.07) is 22.7. The van der Waals surface area contributed by atoms with Gasteiger partial charge in [0.15, 0.2) is 0 Å². The Labute approximate surface area is 205 Å². The topological polar surface area (TPSA) is 123 Å². The molecule has 0 unspecified atom stereocenters. The Bertz CT molecular complexity index is 1580. The van der Waals surface area contributed by atoms with E-state index in [1.54, 1.807) is 42.5 Å². The molecule has 0 aliphatic heterocycles. The first-order chi connectivity index (χ1) is 17.5. The van der Waals surface area contributed by atoms with Crippen LogP contribution in [0.1, 0.15) is 5.76 Å². The fraction of sp³-hybridized carbons (Fsp3) is 0.0370. The van der Waals surface area contributed by atoms with Crippen molar-refractivity contribution in [3.05, 3.63) is 101 Å². The van der Waals surface area contributed by atoms with E-state index in [0.29, 0.717) is 34.3 Å². The van der Waals surface area contributed by atoms with Gasteiger partial charge >= 0.3 is 0 Å². The van der Waals surface area contributed by atoms with Gasteiger partial charge in [0.2, 0.25) is 5.91 Å². The number of amides is 1. The van der Waals surface area contributed by atoms with Gasteiger partial charge in [-0.15, -0.1) is 0 Å². The number of methoxy groups -OCH3 is 1. The zero-order valence-electron chi connectivity index (χ0n) is 19.1. The van der Waals surface area contributed by atoms with E-state index in [9.17, 15) is 14.9 Å². The molecule has 2 N–H and O–H groups in total. The van der Waals surface area contributed by atoms with Gasteiger partial charge in [0.25, 0.3) is 5.69 Å². The van der Waals surface area contributed by atoms with Crippen LogP contribution >= 0.6 is 0 Å². The largest absolute Gasteiger partial charge is 0.495 e. The summed E-state index contributed by atoms with van der Waals surface area (Å²) in [7, 11) is 1.52. The van der Waals surface area contributed by atoms with Gasteiger partial charge in [-0.25, -0.2) is 4.98 Å². The highest BCUT2D eigenvalue weighted by Crippen LogP contribution is 2.32. The number of benzene rings is 3. The molecule has 5 rings (SSSR count). The number of carbonyl (C=O) groups excluding carboxylic acids is 1. The Morgan fingerprint density at radius 2 is 1.89 bits per heavy atom. The predicted octanol–water partition coefficient (Wildman–Crippen LogP) is 6.06. The Balaban J connectivity index is 1.34. The molecule has 1 amide bonds. The fourth-order valence-electron chi connectivity index (χ4n) is 3.80. The summed E-state index contributed by atoms with van der Waals surface area (Å²) in [6.07, 6.45) is 2.80. The van der Waals surface area contributed by atoms with Gasteiger partial charge in [-0.2, -0.15) is 0 Å². The molecule has 9 heteroatoms. The summed E-state index contributed by atoms with van der Waals surface area (Å²) in [4.78, 5) is 31.3. The number of furan rings is 1. The van der Waals surface area contributed by atoms with E-state index in [2.05, 4.69) is 15.3 Å². The number of nitrogens with zero attached hydrogens (tertiary/aromatic N) is 2. The second kappa shape index (κ2) is 9.59. The van der Waals surface area contributed by atoms with E-state index in [-0.39, 0.29) is 5.69 Å². The number of H-pyrrole nitrogens is 1. The molecule has 2 aromatic heterocycles. The standard InChI is InChI=1S/C27H20N4O5/c1-35-25-13-10-17(27-29-20-7-3-4-8-21(20)30-27)16-22(25)28-26(32)15-12-18-11-14-24(36-18)19-6-2-5-9-23(19)31(33)34/h2-16H,1H3,(H,28,32)(H,29,30)/b15-12+. The van der Waals surface area contributed by atoms with Crippen molar-refractivity contribution in [2.75, 3.05) is 12.4 Å². The van der Waals surface area contributed by atoms with Crippen LogP contribution in [0.5, 0.6) is 5.75 Å². The van der Waals surface area contributed by atoms with Crippen LogP contribution in [0.2, 0.25) is 0 Å². The summed E-state index contributed by atoms with van der Waals surface area (Å²) < 4.78 is 11.1. The average molecular weight is 480 g/mol. The lowest BCUT2D eigenvalue weighted by Gasteiger charge is -2.10. The van der Waals surface area contributed by atoms with Crippen molar-refractivity contribution in [3.8, 4) is 28.5 Å². The maximum atomic E-state index is 12.7. The number of aromatic nitrogens is 2. The van der Waals surface area contributed by atoms with Gasteiger partial charge in [0.1, 0.15) is 23.1 Å². The normalized spacial score (nSPS) is 11.1. The van der Waals surface area contributed by atoms with Crippen molar-refractivity contribution in [1.29, 1.82) is 0 Å². The van der Waals surface area contributed by atoms with E-state index in [4.69, 9.17) is 9.15 Å². The van der Waals surface area contributed by atoms with Crippen molar-refractivity contribution >= 4 is 34.4 Å². The number of imidazole rings is 1. The number of carbonyl (C=O) groups is 1. The van der Waals surface area contributed by atoms with E-state index < -0.39 is 10.8 Å². The van der Waals surface area contributed by atoms with Gasteiger partial charge in [0, 0.05) is 17.7 Å². The molecule has 0 fully saturated rings. The highest BCUT2D eigenvalue weighted by Gasteiger charge is 2.17. The number of para-hydroxylation sites is 3. The van der Waals surface area contributed by atoms with Gasteiger partial charge in [-0.05, 0) is 54.6 Å². The number of nitro groups is 1. The number of hydrogen-bond acceptors (Lipinski definition) is 6. The van der Waals surface area contributed by atoms with Crippen molar-refractivity contribution < 1.29 is 18.9 Å². The maximum Gasteiger partial charge on any atom is 0.280 e. The van der Waals surface area contributed by atoms with E-state index in [1.165, 1.54) is 25.3 Å². The number of aromatic amines is 1. The monoisotopic (exact) mass is 480 g/mol. The molecule has 36 heavy (non-hydrogen) atoms. The summed E-state index contributed by atoms with van der Waals surface area (Å²) >= 11 is 0. The van der Waals surface area contributed by atoms with Crippen LogP contribution in [0, 0.1) is 10.1 Å². The summed E-state index contributed by atoms with van der Waals surface area (Å²) in [5, 5.41) is 14.1. The van der Waals surface area contributed by atoms with Gasteiger partial charge < -0.3 is 19.5 Å². The molecular weight excluding hydrogens is 460 g/mol. The fourth-order valence-corrected chi connectivity index (χ4v) is 3.80. The molecule has 3 aromatic carbocycles. The summed E-state index contributed by atoms with van der Waals surface area (Å²) in [5.74, 6) is 1.47. The smallest absolute Gasteiger partial charge is 0.280 e. The second-order valence-electron chi connectivity index (χ2n) is 7.82. The minimum atomic E-state index is -0.465. The van der Waals surface area contributed by atoms with E-state index in [1.807, 2.05) is 30.3 Å². The minimum Gasteiger partial charge on any atom is -0.495 e. The third-order valence-electron chi connectivity index (χ3n) is 5.51. The van der Waals surface area contributed by atoms with Crippen LogP contribution in [0.25, 0.3) is 39.8 Å². The molecule has 0 aliphatic rings. The van der Waals surface area contributed by atoms with Crippen LogP contribution < -0.4 is 10.1 Å². The average Bonchev–Trinajstić information content (AvgIpc) is 3.55. The lowest BCUT2D eigenvalue weighted by Crippen LogP contribution is -2.09. The van der Waals surface area contributed by atoms with Gasteiger partial charge in [-0.3, -0.25) is 14.9 Å². The molecule has 0 spiro atoms. The van der Waals surface area contributed by atoms with Crippen LogP contribution in [0.3, 0.4) is 0 Å². The van der Waals surface area contributed by atoms with Crippen molar-refractivity contribution in [2.24, 2.45) is 0 Å². The molecule has 0 saturated heterocycles. The predicted molar refractivity (Wildman–Crippen MR) is 137 cm³/mol. The first-order valence-electron chi connectivity index (χ1n) is 11.0. The molecule has 178 valence electrons. The highest BCUT2D eigenvalue weighted by atomic mass is 16.6. The Hall–Kier alpha value is -5.18. The number of nitrogens with one attached hydrogen (secondary N) is 2. The number of ether oxygens (including phenoxy) is 1. The molecule has 9 nitrogen and oxygen atoms in total. The second-order valence-corrected chi connectivity index (χ2v) is 7.82. The third-order valence-corrected chi connectivity index (χ3v) is 5.51. The molecule has 5 aromatic rings. The Kier molecular flexibility index (Phi) is 6.02. The number of anilines is 1. The van der Waals surface area contributed by atoms with Gasteiger partial charge in [0.05, 0.1) is 34.3 Å². The van der Waals surface area contributed by atoms with Crippen molar-refractivity contribution in [1.82, 2.24) is 9.97 Å². The zero-order chi connectivity index (χ0) is 25.1. The SMILES string of the molecule is COc1ccc(-c2nc3ccccc3[nH]2)cc1NC(=O)/C=C/c1ccc(-c2ccccc2[N+](=O)[O-])o1. The highest BCUT2D eigenvalue weighted by molar-refractivity contribution is 6.03. The summed E-state index contributed by atoms with van der Waals surface area (Å²) in [5.41, 5.74) is 3.32. The zero-order valence-corrected chi connectivity index (χ0v) is 19.1. The Morgan fingerprint density at radius 3 is 2.69 bits per heavy atom. The molecular formula is C27H20N4O5. The number of hydrogen-bond donors (Lipinski definition) is 2. The van der Waals surface area contributed by atoms with Crippen LogP contribution in [-0.2, 0) is 4.79 Å². The van der Waals surface area contributed by atoms with Crippen LogP contribution in [0.4, 0.5) is 11.4 Å². The molecule has 0 aliphatic carbocycles. The first-order valence-corrected chi connectivity index (χ1v) is 11.0. The number of rotatable bonds is 7. The van der Waals surface area contributed by atoms with E-state index in [0.717, 1.165) is 16.6 Å². The number of fused-ring (bicyclic) bond motifs is 1. The van der Waals surface area contributed by atoms with Crippen LogP contribution in [-0.4, -0.2) is 27.9 Å². The lowest BCUT2D eigenvalue weighted by molar-refractivity contribution is -0.384. The van der Waals surface area contributed by atoms with E-state index >= 15 is 0 Å². The van der Waals surface area contributed by atoms with Crippen molar-refractivity contribution in [3.63, 3.8) is 0 Å². The molecule has 0 radical (unpaired) electrons. The third kappa shape index (κ3) is 4.58. The molecule has 0 saturated carbocycles. The van der Waals surface area contributed by atoms with Crippen LogP contribution in [0.15, 0.2) is 89.4 Å². The molecule has 2 heterocycles. The van der Waals surface area contributed by atoms with Gasteiger partial charge in [-0.1, -0.05) is 24.3 Å².